The van der Waals surface area contributed by atoms with Gasteiger partial charge in [0.15, 0.2) is 5.78 Å². The zero-order valence-corrected chi connectivity index (χ0v) is 28.2. The van der Waals surface area contributed by atoms with Gasteiger partial charge in [-0.1, -0.05) is 107 Å². The summed E-state index contributed by atoms with van der Waals surface area (Å²) >= 11 is 0. The Balaban J connectivity index is 1.48. The lowest BCUT2D eigenvalue weighted by atomic mass is 9.69. The monoisotopic (exact) mass is 616 g/mol. The standard InChI is InChI=1S/C41H48N2O3/c1-27-7-13-31(14-8-27)40(45)19-21-42(5)25-37(40)35-23-29(3)11-17-33(35)39(44)34-18-12-30(4)24-36(34)38-26-43(6)22-20-41(38,46)32-15-9-28(2)10-16-32/h7-18,23-24,37-38,45-46H,19-22,25-26H2,1-6H3. The minimum absolute atomic E-state index is 0.0658. The summed E-state index contributed by atoms with van der Waals surface area (Å²) in [5.41, 5.74) is 6.93. The van der Waals surface area contributed by atoms with Crippen molar-refractivity contribution in [3.05, 3.63) is 141 Å². The first kappa shape index (κ1) is 32.3. The number of rotatable bonds is 6. The summed E-state index contributed by atoms with van der Waals surface area (Å²) in [5, 5.41) is 25.0. The van der Waals surface area contributed by atoms with Crippen molar-refractivity contribution < 1.29 is 15.0 Å². The molecular formula is C41H48N2O3. The van der Waals surface area contributed by atoms with Crippen molar-refractivity contribution in [2.45, 2.75) is 63.6 Å². The highest BCUT2D eigenvalue weighted by Crippen LogP contribution is 2.47. The summed E-state index contributed by atoms with van der Waals surface area (Å²) < 4.78 is 0. The molecule has 0 aliphatic carbocycles. The third kappa shape index (κ3) is 5.98. The van der Waals surface area contributed by atoms with Crippen LogP contribution in [-0.2, 0) is 11.2 Å². The first-order valence-corrected chi connectivity index (χ1v) is 16.6. The molecule has 0 radical (unpaired) electrons. The van der Waals surface area contributed by atoms with Gasteiger partial charge in [-0.3, -0.25) is 4.79 Å². The third-order valence-electron chi connectivity index (χ3n) is 10.6. The van der Waals surface area contributed by atoms with E-state index < -0.39 is 11.2 Å². The van der Waals surface area contributed by atoms with Crippen LogP contribution in [0.15, 0.2) is 84.9 Å². The molecule has 2 N–H and O–H groups in total. The lowest BCUT2D eigenvalue weighted by Gasteiger charge is -2.45. The fourth-order valence-corrected chi connectivity index (χ4v) is 7.77. The van der Waals surface area contributed by atoms with E-state index in [1.165, 1.54) is 0 Å². The van der Waals surface area contributed by atoms with Crippen LogP contribution in [0.3, 0.4) is 0 Å². The summed E-state index contributed by atoms with van der Waals surface area (Å²) in [4.78, 5) is 19.5. The minimum atomic E-state index is -1.11. The molecule has 0 aromatic heterocycles. The van der Waals surface area contributed by atoms with Gasteiger partial charge in [-0.2, -0.15) is 0 Å². The predicted molar refractivity (Wildman–Crippen MR) is 186 cm³/mol. The number of benzene rings is 4. The van der Waals surface area contributed by atoms with E-state index in [0.717, 1.165) is 57.6 Å². The van der Waals surface area contributed by atoms with Crippen LogP contribution >= 0.6 is 0 Å². The van der Waals surface area contributed by atoms with Gasteiger partial charge >= 0.3 is 0 Å². The van der Waals surface area contributed by atoms with Crippen LogP contribution in [0, 0.1) is 27.7 Å². The second-order valence-electron chi connectivity index (χ2n) is 14.2. The number of aryl methyl sites for hydroxylation is 4. The first-order valence-electron chi connectivity index (χ1n) is 16.6. The molecule has 0 spiro atoms. The summed E-state index contributed by atoms with van der Waals surface area (Å²) in [6.45, 7) is 11.0. The number of likely N-dealkylation sites (tertiary alicyclic amines) is 2. The van der Waals surface area contributed by atoms with Crippen LogP contribution in [0.4, 0.5) is 0 Å². The number of hydrogen-bond acceptors (Lipinski definition) is 5. The lowest BCUT2D eigenvalue weighted by molar-refractivity contribution is -0.0420. The van der Waals surface area contributed by atoms with Gasteiger partial charge in [-0.25, -0.2) is 0 Å². The van der Waals surface area contributed by atoms with E-state index in [1.807, 2.05) is 62.4 Å². The van der Waals surface area contributed by atoms with Gasteiger partial charge in [-0.05, 0) is 76.9 Å². The van der Waals surface area contributed by atoms with E-state index in [-0.39, 0.29) is 17.6 Å². The Labute approximate surface area is 274 Å². The Morgan fingerprint density at radius 2 is 0.935 bits per heavy atom. The highest BCUT2D eigenvalue weighted by Gasteiger charge is 2.46. The molecule has 46 heavy (non-hydrogen) atoms. The van der Waals surface area contributed by atoms with Crippen molar-refractivity contribution in [1.82, 2.24) is 9.80 Å². The van der Waals surface area contributed by atoms with E-state index >= 15 is 0 Å². The molecular weight excluding hydrogens is 568 g/mol. The average molecular weight is 617 g/mol. The molecule has 2 aliphatic heterocycles. The second-order valence-corrected chi connectivity index (χ2v) is 14.2. The van der Waals surface area contributed by atoms with Crippen molar-refractivity contribution in [2.75, 3.05) is 40.3 Å². The van der Waals surface area contributed by atoms with Crippen molar-refractivity contribution >= 4 is 5.78 Å². The Hall–Kier alpha value is -3.61. The zero-order chi connectivity index (χ0) is 32.8. The molecule has 0 bridgehead atoms. The van der Waals surface area contributed by atoms with Crippen LogP contribution in [0.2, 0.25) is 0 Å². The maximum Gasteiger partial charge on any atom is 0.193 e. The fourth-order valence-electron chi connectivity index (χ4n) is 7.77. The lowest BCUT2D eigenvalue weighted by Crippen LogP contribution is -2.48. The van der Waals surface area contributed by atoms with Gasteiger partial charge in [0.25, 0.3) is 0 Å². The summed E-state index contributed by atoms with van der Waals surface area (Å²) in [7, 11) is 4.17. The molecule has 4 aromatic carbocycles. The number of piperidine rings is 2. The number of ketones is 1. The Bertz CT molecular complexity index is 1600. The molecule has 2 heterocycles. The van der Waals surface area contributed by atoms with Gasteiger partial charge in [0.05, 0.1) is 11.2 Å². The summed E-state index contributed by atoms with van der Waals surface area (Å²) in [5.74, 6) is -0.664. The predicted octanol–water partition coefficient (Wildman–Crippen LogP) is 6.77. The highest BCUT2D eigenvalue weighted by molar-refractivity contribution is 6.11. The first-order chi connectivity index (χ1) is 21.9. The van der Waals surface area contributed by atoms with E-state index in [0.29, 0.717) is 37.1 Å². The van der Waals surface area contributed by atoms with Crippen LogP contribution in [0.1, 0.15) is 85.1 Å². The van der Waals surface area contributed by atoms with E-state index in [9.17, 15) is 15.0 Å². The number of carbonyl (C=O) groups is 1. The van der Waals surface area contributed by atoms with E-state index in [1.54, 1.807) is 0 Å². The quantitative estimate of drug-likeness (QED) is 0.234. The molecule has 4 atom stereocenters. The van der Waals surface area contributed by atoms with Crippen molar-refractivity contribution in [1.29, 1.82) is 0 Å². The zero-order valence-electron chi connectivity index (χ0n) is 28.2. The molecule has 5 nitrogen and oxygen atoms in total. The average Bonchev–Trinajstić information content (AvgIpc) is 3.03. The molecule has 4 unspecified atom stereocenters. The van der Waals surface area contributed by atoms with Crippen LogP contribution < -0.4 is 0 Å². The van der Waals surface area contributed by atoms with Crippen molar-refractivity contribution in [3.8, 4) is 0 Å². The van der Waals surface area contributed by atoms with Gasteiger partial charge in [-0.15, -0.1) is 0 Å². The van der Waals surface area contributed by atoms with Crippen LogP contribution in [0.5, 0.6) is 0 Å². The smallest absolute Gasteiger partial charge is 0.193 e. The van der Waals surface area contributed by atoms with Gasteiger partial charge in [0.1, 0.15) is 0 Å². The molecule has 0 saturated carbocycles. The largest absolute Gasteiger partial charge is 0.384 e. The number of hydrogen-bond donors (Lipinski definition) is 2. The van der Waals surface area contributed by atoms with Gasteiger partial charge < -0.3 is 20.0 Å². The Kier molecular flexibility index (Phi) is 8.81. The SMILES string of the molecule is Cc1ccc(C2(O)CCN(C)CC2c2cc(C)ccc2C(=O)c2ccc(C)cc2C2CN(C)CCC2(O)c2ccc(C)cc2)cc1. The maximum absolute atomic E-state index is 15.0. The number of nitrogens with zero attached hydrogens (tertiary/aromatic N) is 2. The molecule has 5 heteroatoms. The number of likely N-dealkylation sites (N-methyl/N-ethyl adjacent to an activating group) is 2. The minimum Gasteiger partial charge on any atom is -0.384 e. The Morgan fingerprint density at radius 3 is 1.30 bits per heavy atom. The van der Waals surface area contributed by atoms with E-state index in [2.05, 4.69) is 74.1 Å². The second kappa shape index (κ2) is 12.5. The molecule has 2 saturated heterocycles. The van der Waals surface area contributed by atoms with Crippen LogP contribution in [0.25, 0.3) is 0 Å². The fraction of sp³-hybridized carbons (Fsp3) is 0.390. The van der Waals surface area contributed by atoms with E-state index in [4.69, 9.17) is 0 Å². The molecule has 2 aliphatic rings. The molecule has 4 aromatic rings. The number of carbonyl (C=O) groups excluding carboxylic acids is 1. The van der Waals surface area contributed by atoms with Gasteiger partial charge in [0, 0.05) is 49.1 Å². The topological polar surface area (TPSA) is 64.0 Å². The summed E-state index contributed by atoms with van der Waals surface area (Å²) in [6.07, 6.45) is 1.15. The number of aliphatic hydroxyl groups is 2. The van der Waals surface area contributed by atoms with Crippen LogP contribution in [-0.4, -0.2) is 66.1 Å². The normalized spacial score (nSPS) is 25.8. The van der Waals surface area contributed by atoms with Crippen molar-refractivity contribution in [2.24, 2.45) is 0 Å². The molecule has 240 valence electrons. The summed E-state index contributed by atoms with van der Waals surface area (Å²) in [6, 6.07) is 28.5. The maximum atomic E-state index is 15.0. The third-order valence-corrected chi connectivity index (χ3v) is 10.6. The van der Waals surface area contributed by atoms with Gasteiger partial charge in [0.2, 0.25) is 0 Å². The molecule has 2 fully saturated rings. The Morgan fingerprint density at radius 1 is 0.587 bits per heavy atom. The molecule has 6 rings (SSSR count). The highest BCUT2D eigenvalue weighted by atomic mass is 16.3. The molecule has 0 amide bonds. The van der Waals surface area contributed by atoms with Crippen molar-refractivity contribution in [3.63, 3.8) is 0 Å².